The van der Waals surface area contributed by atoms with Gasteiger partial charge in [0.1, 0.15) is 0 Å². The normalized spacial score (nSPS) is 11.2. The summed E-state index contributed by atoms with van der Waals surface area (Å²) in [5, 5.41) is 26.1. The van der Waals surface area contributed by atoms with E-state index in [-0.39, 0.29) is 28.4 Å². The van der Waals surface area contributed by atoms with E-state index in [1.807, 2.05) is 30.3 Å². The smallest absolute Gasteiger partial charge is 0.269 e. The molecule has 0 saturated heterocycles. The molecule has 0 aliphatic heterocycles. The van der Waals surface area contributed by atoms with E-state index in [1.54, 1.807) is 12.1 Å². The predicted molar refractivity (Wildman–Crippen MR) is 135 cm³/mol. The summed E-state index contributed by atoms with van der Waals surface area (Å²) < 4.78 is 23.0. The van der Waals surface area contributed by atoms with E-state index in [0.717, 1.165) is 5.69 Å². The van der Waals surface area contributed by atoms with Crippen LogP contribution in [0, 0.1) is 10.1 Å². The van der Waals surface area contributed by atoms with Crippen LogP contribution >= 0.6 is 0 Å². The first-order valence-electron chi connectivity index (χ1n) is 10.3. The average Bonchev–Trinajstić information content (AvgIpc) is 2.85. The molecule has 0 aliphatic rings. The molecule has 0 bridgehead atoms. The van der Waals surface area contributed by atoms with Crippen LogP contribution in [0.5, 0.6) is 0 Å². The van der Waals surface area contributed by atoms with Crippen LogP contribution < -0.4 is 21.2 Å². The summed E-state index contributed by atoms with van der Waals surface area (Å²) in [5.74, 6) is 0.470. The Balaban J connectivity index is 1.56. The summed E-state index contributed by atoms with van der Waals surface area (Å²) in [6.45, 7) is 0. The number of nitrogens with two attached hydrogens (primary N) is 1. The lowest BCUT2D eigenvalue weighted by molar-refractivity contribution is -0.384. The van der Waals surface area contributed by atoms with Gasteiger partial charge in [0, 0.05) is 23.5 Å². The molecule has 3 aromatic carbocycles. The molecule has 0 aliphatic carbocycles. The summed E-state index contributed by atoms with van der Waals surface area (Å²) >= 11 is 0. The molecule has 4 rings (SSSR count). The SMILES string of the molecule is NS(=O)(=O)c1ccc(Nc2nc(N/N=C/c3ccc([N+](=O)[O-])cc3)nc(Nc3ccccc3)n2)cc1. The lowest BCUT2D eigenvalue weighted by atomic mass is 10.2. The van der Waals surface area contributed by atoms with Gasteiger partial charge >= 0.3 is 0 Å². The summed E-state index contributed by atoms with van der Waals surface area (Å²) in [5.41, 5.74) is 4.56. The second-order valence-electron chi connectivity index (χ2n) is 7.21. The molecule has 0 saturated carbocycles. The van der Waals surface area contributed by atoms with E-state index in [9.17, 15) is 18.5 Å². The maximum atomic E-state index is 11.5. The summed E-state index contributed by atoms with van der Waals surface area (Å²) in [7, 11) is -3.82. The number of nitro groups is 1. The highest BCUT2D eigenvalue weighted by atomic mass is 32.2. The van der Waals surface area contributed by atoms with Gasteiger partial charge in [-0.3, -0.25) is 10.1 Å². The third-order valence-corrected chi connectivity index (χ3v) is 5.52. The number of nitrogens with zero attached hydrogens (tertiary/aromatic N) is 5. The molecule has 1 aromatic heterocycles. The van der Waals surface area contributed by atoms with Gasteiger partial charge in [0.25, 0.3) is 5.69 Å². The van der Waals surface area contributed by atoms with Gasteiger partial charge < -0.3 is 10.6 Å². The average molecular weight is 506 g/mol. The number of hydrazone groups is 1. The summed E-state index contributed by atoms with van der Waals surface area (Å²) in [6.07, 6.45) is 1.46. The number of para-hydroxylation sites is 1. The number of sulfonamides is 1. The number of rotatable bonds is 9. The number of benzene rings is 3. The Kier molecular flexibility index (Phi) is 7.08. The summed E-state index contributed by atoms with van der Waals surface area (Å²) in [4.78, 5) is 23.2. The van der Waals surface area contributed by atoms with E-state index in [4.69, 9.17) is 5.14 Å². The topological polar surface area (TPSA) is 190 Å². The van der Waals surface area contributed by atoms with Gasteiger partial charge in [-0.25, -0.2) is 19.0 Å². The first kappa shape index (κ1) is 24.2. The molecule has 0 atom stereocenters. The van der Waals surface area contributed by atoms with Gasteiger partial charge in [0.2, 0.25) is 27.9 Å². The van der Waals surface area contributed by atoms with Crippen LogP contribution in [0.2, 0.25) is 0 Å². The van der Waals surface area contributed by atoms with Crippen molar-refractivity contribution in [3.05, 3.63) is 94.5 Å². The largest absolute Gasteiger partial charge is 0.324 e. The van der Waals surface area contributed by atoms with Crippen molar-refractivity contribution in [2.75, 3.05) is 16.1 Å². The Hall–Kier alpha value is -4.95. The van der Waals surface area contributed by atoms with Gasteiger partial charge in [-0.15, -0.1) is 0 Å². The lowest BCUT2D eigenvalue weighted by Crippen LogP contribution is -2.12. The van der Waals surface area contributed by atoms with E-state index in [1.165, 1.54) is 42.6 Å². The van der Waals surface area contributed by atoms with Crippen molar-refractivity contribution in [2.45, 2.75) is 4.90 Å². The van der Waals surface area contributed by atoms with Crippen LogP contribution in [0.4, 0.5) is 34.9 Å². The number of anilines is 5. The molecule has 4 aromatic rings. The zero-order valence-electron chi connectivity index (χ0n) is 18.4. The fourth-order valence-electron chi connectivity index (χ4n) is 2.89. The standard InChI is InChI=1S/C22H19N9O4S/c23-36(34,35)19-12-8-17(9-13-19)26-21-27-20(25-16-4-2-1-3-5-16)28-22(29-21)30-24-14-15-6-10-18(11-7-15)31(32)33/h1-14H,(H2,23,34,35)(H3,25,26,27,28,29,30)/b24-14+. The number of nitro benzene ring substituents is 1. The molecule has 0 amide bonds. The van der Waals surface area contributed by atoms with Gasteiger partial charge in [0.05, 0.1) is 16.0 Å². The van der Waals surface area contributed by atoms with Crippen LogP contribution in [0.15, 0.2) is 88.9 Å². The maximum Gasteiger partial charge on any atom is 0.269 e. The molecule has 13 nitrogen and oxygen atoms in total. The molecule has 1 heterocycles. The van der Waals surface area contributed by atoms with Crippen LogP contribution in [-0.2, 0) is 10.0 Å². The van der Waals surface area contributed by atoms with Crippen molar-refractivity contribution in [3.63, 3.8) is 0 Å². The Morgan fingerprint density at radius 3 is 1.92 bits per heavy atom. The fraction of sp³-hybridized carbons (Fsp3) is 0. The van der Waals surface area contributed by atoms with Crippen molar-refractivity contribution in [2.24, 2.45) is 10.2 Å². The van der Waals surface area contributed by atoms with E-state index in [2.05, 4.69) is 36.1 Å². The van der Waals surface area contributed by atoms with E-state index < -0.39 is 14.9 Å². The minimum Gasteiger partial charge on any atom is -0.324 e. The Labute approximate surface area is 205 Å². The molecule has 14 heteroatoms. The van der Waals surface area contributed by atoms with Crippen molar-refractivity contribution in [3.8, 4) is 0 Å². The maximum absolute atomic E-state index is 11.5. The fourth-order valence-corrected chi connectivity index (χ4v) is 3.41. The predicted octanol–water partition coefficient (Wildman–Crippen LogP) is 3.36. The van der Waals surface area contributed by atoms with Crippen LogP contribution in [0.1, 0.15) is 5.56 Å². The molecular formula is C22H19N9O4S. The first-order chi connectivity index (χ1) is 17.3. The van der Waals surface area contributed by atoms with Gasteiger partial charge in [-0.05, 0) is 54.1 Å². The molecule has 5 N–H and O–H groups in total. The molecule has 0 spiro atoms. The molecule has 0 unspecified atom stereocenters. The van der Waals surface area contributed by atoms with Crippen LogP contribution in [0.3, 0.4) is 0 Å². The molecule has 0 radical (unpaired) electrons. The Morgan fingerprint density at radius 2 is 1.36 bits per heavy atom. The zero-order valence-corrected chi connectivity index (χ0v) is 19.3. The number of aromatic nitrogens is 3. The van der Waals surface area contributed by atoms with E-state index in [0.29, 0.717) is 11.3 Å². The van der Waals surface area contributed by atoms with Gasteiger partial charge in [0.15, 0.2) is 0 Å². The second-order valence-corrected chi connectivity index (χ2v) is 8.77. The number of hydrogen-bond acceptors (Lipinski definition) is 11. The highest BCUT2D eigenvalue weighted by Gasteiger charge is 2.10. The Morgan fingerprint density at radius 1 is 0.806 bits per heavy atom. The van der Waals surface area contributed by atoms with E-state index >= 15 is 0 Å². The molecule has 36 heavy (non-hydrogen) atoms. The first-order valence-corrected chi connectivity index (χ1v) is 11.8. The Bertz CT molecular complexity index is 1500. The third kappa shape index (κ3) is 6.55. The van der Waals surface area contributed by atoms with Crippen molar-refractivity contribution in [1.29, 1.82) is 0 Å². The number of hydrogen-bond donors (Lipinski definition) is 4. The van der Waals surface area contributed by atoms with Crippen molar-refractivity contribution >= 4 is 51.1 Å². The quantitative estimate of drug-likeness (QED) is 0.149. The summed E-state index contributed by atoms with van der Waals surface area (Å²) in [6, 6.07) is 20.8. The lowest BCUT2D eigenvalue weighted by Gasteiger charge is -2.10. The monoisotopic (exact) mass is 505 g/mol. The second kappa shape index (κ2) is 10.5. The van der Waals surface area contributed by atoms with Crippen molar-refractivity contribution < 1.29 is 13.3 Å². The van der Waals surface area contributed by atoms with Crippen LogP contribution in [-0.4, -0.2) is 34.5 Å². The molecule has 182 valence electrons. The molecule has 0 fully saturated rings. The highest BCUT2D eigenvalue weighted by molar-refractivity contribution is 7.89. The van der Waals surface area contributed by atoms with Crippen molar-refractivity contribution in [1.82, 2.24) is 15.0 Å². The third-order valence-electron chi connectivity index (χ3n) is 4.59. The number of non-ortho nitro benzene ring substituents is 1. The zero-order chi connectivity index (χ0) is 25.5. The molecular weight excluding hydrogens is 486 g/mol. The van der Waals surface area contributed by atoms with Crippen LogP contribution in [0.25, 0.3) is 0 Å². The number of primary sulfonamides is 1. The van der Waals surface area contributed by atoms with Gasteiger partial charge in [-0.1, -0.05) is 18.2 Å². The number of nitrogens with one attached hydrogen (secondary N) is 3. The highest BCUT2D eigenvalue weighted by Crippen LogP contribution is 2.20. The minimum absolute atomic E-state index is 0.0259. The minimum atomic E-state index is -3.82. The van der Waals surface area contributed by atoms with Gasteiger partial charge in [-0.2, -0.15) is 20.1 Å².